The van der Waals surface area contributed by atoms with Gasteiger partial charge in [0.25, 0.3) is 0 Å². The number of aromatic nitrogens is 3. The average Bonchev–Trinajstić information content (AvgIpc) is 2.47. The number of aryl methyl sites for hydroxylation is 1. The quantitative estimate of drug-likeness (QED) is 0.661. The molecule has 4 heteroatoms. The molecule has 0 amide bonds. The summed E-state index contributed by atoms with van der Waals surface area (Å²) in [5, 5.41) is 0. The van der Waals surface area contributed by atoms with Crippen LogP contribution in [0.3, 0.4) is 0 Å². The fourth-order valence-corrected chi connectivity index (χ4v) is 2.11. The molecule has 3 aromatic rings. The molecule has 2 aromatic carbocycles. The van der Waals surface area contributed by atoms with Crippen molar-refractivity contribution in [1.82, 2.24) is 15.0 Å². The van der Waals surface area contributed by atoms with E-state index in [2.05, 4.69) is 58.3 Å². The van der Waals surface area contributed by atoms with Crippen LogP contribution in [-0.4, -0.2) is 22.8 Å². The van der Waals surface area contributed by atoms with Crippen LogP contribution in [0.4, 0.5) is 0 Å². The molecule has 0 N–H and O–H groups in total. The Balaban J connectivity index is 2.06. The Kier molecular flexibility index (Phi) is 3.29. The third kappa shape index (κ3) is 2.59. The third-order valence-corrected chi connectivity index (χ3v) is 3.06. The van der Waals surface area contributed by atoms with Gasteiger partial charge in [-0.2, -0.15) is 0 Å². The fourth-order valence-electron chi connectivity index (χ4n) is 2.11. The van der Waals surface area contributed by atoms with Crippen molar-refractivity contribution in [3.8, 4) is 22.5 Å². The molecule has 0 saturated heterocycles. The van der Waals surface area contributed by atoms with Gasteiger partial charge in [0.15, 0.2) is 13.7 Å². The minimum Gasteiger partial charge on any atom is -0.234 e. The second kappa shape index (κ2) is 5.25. The zero-order valence-corrected chi connectivity index (χ0v) is 11.1. The van der Waals surface area contributed by atoms with E-state index in [9.17, 15) is 0 Å². The summed E-state index contributed by atoms with van der Waals surface area (Å²) in [5.41, 5.74) is 4.70. The van der Waals surface area contributed by atoms with Crippen molar-refractivity contribution in [2.75, 3.05) is 0 Å². The smallest absolute Gasteiger partial charge is 0.170 e. The summed E-state index contributed by atoms with van der Waals surface area (Å²) >= 11 is 0. The van der Waals surface area contributed by atoms with Gasteiger partial charge in [-0.3, -0.25) is 0 Å². The molecule has 0 aliphatic rings. The van der Waals surface area contributed by atoms with Gasteiger partial charge < -0.3 is 0 Å². The summed E-state index contributed by atoms with van der Waals surface area (Å²) in [6, 6.07) is 16.5. The second-order valence-electron chi connectivity index (χ2n) is 4.62. The Bertz CT molecular complexity index is 695. The lowest BCUT2D eigenvalue weighted by atomic mass is 10.0. The van der Waals surface area contributed by atoms with Crippen LogP contribution in [0.5, 0.6) is 0 Å². The first kappa shape index (κ1) is 12.5. The van der Waals surface area contributed by atoms with E-state index in [0.29, 0.717) is 5.82 Å². The molecule has 3 nitrogen and oxygen atoms in total. The largest absolute Gasteiger partial charge is 0.234 e. The average molecular weight is 257 g/mol. The summed E-state index contributed by atoms with van der Waals surface area (Å²) in [4.78, 5) is 12.1. The first-order chi connectivity index (χ1) is 9.72. The van der Waals surface area contributed by atoms with E-state index >= 15 is 0 Å². The minimum absolute atomic E-state index is 0.232. The summed E-state index contributed by atoms with van der Waals surface area (Å²) in [6.45, 7) is 2.08. The highest BCUT2D eigenvalue weighted by Crippen LogP contribution is 2.24. The van der Waals surface area contributed by atoms with Gasteiger partial charge in [-0.25, -0.2) is 15.0 Å². The number of hydrogen-bond donors (Lipinski definition) is 0. The summed E-state index contributed by atoms with van der Waals surface area (Å²) < 4.78 is 0. The lowest BCUT2D eigenvalue weighted by Crippen LogP contribution is -2.14. The maximum absolute atomic E-state index is 5.60. The monoisotopic (exact) mass is 257 g/mol. The predicted octanol–water partition coefficient (Wildman–Crippen LogP) is 2.31. The van der Waals surface area contributed by atoms with Crippen molar-refractivity contribution in [2.24, 2.45) is 0 Å². The summed E-state index contributed by atoms with van der Waals surface area (Å²) in [7, 11) is 5.60. The van der Waals surface area contributed by atoms with Crippen LogP contribution < -0.4 is 5.72 Å². The van der Waals surface area contributed by atoms with Crippen molar-refractivity contribution in [1.29, 1.82) is 0 Å². The molecular formula is C16H12BN3. The van der Waals surface area contributed by atoms with Crippen LogP contribution in [0.2, 0.25) is 0 Å². The highest BCUT2D eigenvalue weighted by atomic mass is 15.0. The zero-order chi connectivity index (χ0) is 13.9. The molecule has 0 spiro atoms. The van der Waals surface area contributed by atoms with Crippen LogP contribution in [0, 0.1) is 6.92 Å². The van der Waals surface area contributed by atoms with Gasteiger partial charge in [-0.1, -0.05) is 48.0 Å². The molecule has 0 aliphatic carbocycles. The van der Waals surface area contributed by atoms with Gasteiger partial charge in [0.2, 0.25) is 0 Å². The highest BCUT2D eigenvalue weighted by Gasteiger charge is 2.04. The molecule has 0 aliphatic heterocycles. The van der Waals surface area contributed by atoms with E-state index in [1.165, 1.54) is 17.5 Å². The summed E-state index contributed by atoms with van der Waals surface area (Å²) in [6.07, 6.45) is 1.43. The van der Waals surface area contributed by atoms with Gasteiger partial charge in [-0.15, -0.1) is 0 Å². The first-order valence-electron chi connectivity index (χ1n) is 6.34. The van der Waals surface area contributed by atoms with E-state index in [-0.39, 0.29) is 5.72 Å². The normalized spacial score (nSPS) is 10.4. The van der Waals surface area contributed by atoms with Crippen molar-refractivity contribution >= 4 is 13.6 Å². The van der Waals surface area contributed by atoms with Crippen molar-refractivity contribution in [3.63, 3.8) is 0 Å². The first-order valence-corrected chi connectivity index (χ1v) is 6.34. The molecule has 3 rings (SSSR count). The second-order valence-corrected chi connectivity index (χ2v) is 4.62. The molecule has 1 aromatic heterocycles. The molecule has 1 heterocycles. The third-order valence-electron chi connectivity index (χ3n) is 3.06. The van der Waals surface area contributed by atoms with Gasteiger partial charge in [0.05, 0.1) is 5.72 Å². The lowest BCUT2D eigenvalue weighted by molar-refractivity contribution is 1.10. The molecule has 0 unspecified atom stereocenters. The van der Waals surface area contributed by atoms with E-state index in [0.717, 1.165) is 11.1 Å². The SMILES string of the molecule is [B]c1ncnc(-c2cccc(-c3cccc(C)c3)c2)n1. The standard InChI is InChI=1S/C16H12BN3/c1-11-4-2-5-12(8-11)13-6-3-7-14(9-13)15-18-10-19-16(17)20-15/h2-10H,1H3. The Morgan fingerprint density at radius 2 is 1.55 bits per heavy atom. The Morgan fingerprint density at radius 1 is 0.850 bits per heavy atom. The molecule has 0 atom stereocenters. The maximum atomic E-state index is 5.60. The van der Waals surface area contributed by atoms with Crippen LogP contribution in [-0.2, 0) is 0 Å². The predicted molar refractivity (Wildman–Crippen MR) is 80.8 cm³/mol. The van der Waals surface area contributed by atoms with Crippen LogP contribution in [0.15, 0.2) is 54.9 Å². The molecule has 94 valence electrons. The highest BCUT2D eigenvalue weighted by molar-refractivity contribution is 6.29. The number of hydrogen-bond acceptors (Lipinski definition) is 3. The number of nitrogens with zero attached hydrogens (tertiary/aromatic N) is 3. The molecular weight excluding hydrogens is 245 g/mol. The van der Waals surface area contributed by atoms with E-state index in [4.69, 9.17) is 7.85 Å². The molecule has 0 fully saturated rings. The van der Waals surface area contributed by atoms with Crippen LogP contribution in [0.25, 0.3) is 22.5 Å². The van der Waals surface area contributed by atoms with Crippen molar-refractivity contribution in [2.45, 2.75) is 6.92 Å². The Morgan fingerprint density at radius 3 is 2.30 bits per heavy atom. The van der Waals surface area contributed by atoms with E-state index in [1.807, 2.05) is 12.1 Å². The van der Waals surface area contributed by atoms with Gasteiger partial charge in [-0.05, 0) is 24.1 Å². The fraction of sp³-hybridized carbons (Fsp3) is 0.0625. The van der Waals surface area contributed by atoms with Gasteiger partial charge >= 0.3 is 0 Å². The molecule has 0 saturated carbocycles. The van der Waals surface area contributed by atoms with Gasteiger partial charge in [0, 0.05) is 5.56 Å². The minimum atomic E-state index is 0.232. The molecule has 2 radical (unpaired) electrons. The van der Waals surface area contributed by atoms with Crippen LogP contribution >= 0.6 is 0 Å². The zero-order valence-electron chi connectivity index (χ0n) is 11.1. The molecule has 20 heavy (non-hydrogen) atoms. The molecule has 0 bridgehead atoms. The number of rotatable bonds is 2. The van der Waals surface area contributed by atoms with Crippen molar-refractivity contribution < 1.29 is 0 Å². The Hall–Kier alpha value is -2.49. The summed E-state index contributed by atoms with van der Waals surface area (Å²) in [5.74, 6) is 0.590. The van der Waals surface area contributed by atoms with Crippen LogP contribution in [0.1, 0.15) is 5.56 Å². The van der Waals surface area contributed by atoms with Gasteiger partial charge in [0.1, 0.15) is 6.33 Å². The van der Waals surface area contributed by atoms with E-state index in [1.54, 1.807) is 0 Å². The number of benzene rings is 2. The Labute approximate surface area is 119 Å². The topological polar surface area (TPSA) is 38.7 Å². The lowest BCUT2D eigenvalue weighted by Gasteiger charge is -2.06. The van der Waals surface area contributed by atoms with E-state index < -0.39 is 0 Å². The van der Waals surface area contributed by atoms with Crippen molar-refractivity contribution in [3.05, 3.63) is 60.4 Å². The maximum Gasteiger partial charge on any atom is 0.170 e.